The molecule has 2 bridgehead atoms. The molecule has 2 aliphatic rings. The summed E-state index contributed by atoms with van der Waals surface area (Å²) in [4.78, 5) is 12.3. The number of benzene rings is 1. The molecule has 2 saturated heterocycles. The van der Waals surface area contributed by atoms with Crippen molar-refractivity contribution in [1.82, 2.24) is 5.32 Å². The van der Waals surface area contributed by atoms with Gasteiger partial charge in [0.1, 0.15) is 5.75 Å². The highest BCUT2D eigenvalue weighted by Crippen LogP contribution is 2.34. The smallest absolute Gasteiger partial charge is 0.229 e. The topological polar surface area (TPSA) is 61.4 Å². The van der Waals surface area contributed by atoms with Gasteiger partial charge in [0.2, 0.25) is 5.91 Å². The van der Waals surface area contributed by atoms with E-state index in [-0.39, 0.29) is 17.6 Å². The lowest BCUT2D eigenvalue weighted by Crippen LogP contribution is -2.33. The molecule has 19 heavy (non-hydrogen) atoms. The number of anilines is 1. The van der Waals surface area contributed by atoms with Crippen molar-refractivity contribution >= 4 is 11.6 Å². The van der Waals surface area contributed by atoms with Gasteiger partial charge in [-0.3, -0.25) is 4.79 Å². The minimum atomic E-state index is 0.0901. The molecule has 4 heteroatoms. The summed E-state index contributed by atoms with van der Waals surface area (Å²) in [5, 5.41) is 16.1. The zero-order chi connectivity index (χ0) is 13.6. The van der Waals surface area contributed by atoms with E-state index in [1.54, 1.807) is 6.07 Å². The molecule has 0 saturated carbocycles. The normalized spacial score (nSPS) is 28.6. The van der Waals surface area contributed by atoms with Gasteiger partial charge in [-0.1, -0.05) is 0 Å². The van der Waals surface area contributed by atoms with Crippen LogP contribution in [0.2, 0.25) is 0 Å². The second-order valence-electron chi connectivity index (χ2n) is 5.83. The van der Waals surface area contributed by atoms with Gasteiger partial charge in [-0.2, -0.15) is 0 Å². The van der Waals surface area contributed by atoms with Gasteiger partial charge in [-0.15, -0.1) is 0 Å². The fraction of sp³-hybridized carbons (Fsp3) is 0.533. The molecule has 3 rings (SSSR count). The predicted octanol–water partition coefficient (Wildman–Crippen LogP) is 2.09. The molecule has 3 unspecified atom stereocenters. The van der Waals surface area contributed by atoms with Crippen LogP contribution < -0.4 is 10.6 Å². The highest BCUT2D eigenvalue weighted by Gasteiger charge is 2.42. The molecule has 0 spiro atoms. The van der Waals surface area contributed by atoms with Crippen molar-refractivity contribution in [3.05, 3.63) is 23.3 Å². The molecule has 4 nitrogen and oxygen atoms in total. The average molecular weight is 260 g/mol. The third-order valence-corrected chi connectivity index (χ3v) is 4.44. The van der Waals surface area contributed by atoms with Crippen LogP contribution in [0.4, 0.5) is 5.69 Å². The minimum absolute atomic E-state index is 0.0901. The van der Waals surface area contributed by atoms with E-state index in [1.807, 2.05) is 19.9 Å². The van der Waals surface area contributed by atoms with Gasteiger partial charge in [-0.05, 0) is 56.4 Å². The zero-order valence-corrected chi connectivity index (χ0v) is 11.4. The van der Waals surface area contributed by atoms with E-state index in [2.05, 4.69) is 10.6 Å². The molecule has 3 N–H and O–H groups in total. The Morgan fingerprint density at radius 1 is 1.32 bits per heavy atom. The van der Waals surface area contributed by atoms with Crippen molar-refractivity contribution in [3.63, 3.8) is 0 Å². The summed E-state index contributed by atoms with van der Waals surface area (Å²) < 4.78 is 0. The van der Waals surface area contributed by atoms with E-state index in [0.717, 1.165) is 29.7 Å². The quantitative estimate of drug-likeness (QED) is 0.714. The number of nitrogens with one attached hydrogen (secondary N) is 2. The molecule has 102 valence electrons. The van der Waals surface area contributed by atoms with E-state index in [0.29, 0.717) is 12.1 Å². The molecular formula is C15H20N2O2. The van der Waals surface area contributed by atoms with Crippen molar-refractivity contribution in [3.8, 4) is 5.75 Å². The van der Waals surface area contributed by atoms with Crippen LogP contribution in [0.1, 0.15) is 30.4 Å². The number of fused-ring (bicyclic) bond motifs is 2. The highest BCUT2D eigenvalue weighted by atomic mass is 16.3. The maximum absolute atomic E-state index is 12.3. The monoisotopic (exact) mass is 260 g/mol. The van der Waals surface area contributed by atoms with Crippen LogP contribution in [0.3, 0.4) is 0 Å². The summed E-state index contributed by atoms with van der Waals surface area (Å²) in [5.74, 6) is 0.470. The molecule has 0 radical (unpaired) electrons. The Bertz CT molecular complexity index is 527. The lowest BCUT2D eigenvalue weighted by molar-refractivity contribution is -0.120. The second-order valence-corrected chi connectivity index (χ2v) is 5.83. The van der Waals surface area contributed by atoms with Gasteiger partial charge in [0.05, 0.1) is 5.92 Å². The van der Waals surface area contributed by atoms with Gasteiger partial charge in [0.25, 0.3) is 0 Å². The molecule has 0 aromatic heterocycles. The minimum Gasteiger partial charge on any atom is -0.508 e. The number of hydrogen-bond donors (Lipinski definition) is 3. The Morgan fingerprint density at radius 3 is 2.74 bits per heavy atom. The molecule has 2 fully saturated rings. The maximum atomic E-state index is 12.3. The van der Waals surface area contributed by atoms with Crippen LogP contribution in [0.25, 0.3) is 0 Å². The van der Waals surface area contributed by atoms with Crippen molar-refractivity contribution < 1.29 is 9.90 Å². The summed E-state index contributed by atoms with van der Waals surface area (Å²) in [6.45, 7) is 3.73. The number of carbonyl (C=O) groups is 1. The van der Waals surface area contributed by atoms with Crippen molar-refractivity contribution in [2.24, 2.45) is 5.92 Å². The standard InChI is InChI=1S/C15H20N2O2/c1-8-6-14(18)9(2)5-13(8)17-15(19)11-7-10-3-4-12(11)16-10/h5-6,10-12,16,18H,3-4,7H2,1-2H3,(H,17,19). The summed E-state index contributed by atoms with van der Waals surface area (Å²) in [6.07, 6.45) is 3.26. The lowest BCUT2D eigenvalue weighted by Gasteiger charge is -2.20. The number of rotatable bonds is 2. The SMILES string of the molecule is Cc1cc(NC(=O)C2CC3CCC2N3)c(C)cc1O. The van der Waals surface area contributed by atoms with Crippen LogP contribution in [0, 0.1) is 19.8 Å². The largest absolute Gasteiger partial charge is 0.508 e. The van der Waals surface area contributed by atoms with Gasteiger partial charge >= 0.3 is 0 Å². The summed E-state index contributed by atoms with van der Waals surface area (Å²) in [6, 6.07) is 4.42. The summed E-state index contributed by atoms with van der Waals surface area (Å²) in [7, 11) is 0. The fourth-order valence-electron chi connectivity index (χ4n) is 3.27. The predicted molar refractivity (Wildman–Crippen MR) is 74.3 cm³/mol. The fourth-order valence-corrected chi connectivity index (χ4v) is 3.27. The Labute approximate surface area is 113 Å². The first kappa shape index (κ1) is 12.5. The van der Waals surface area contributed by atoms with Crippen LogP contribution >= 0.6 is 0 Å². The summed E-state index contributed by atoms with van der Waals surface area (Å²) >= 11 is 0. The van der Waals surface area contributed by atoms with E-state index in [4.69, 9.17) is 0 Å². The highest BCUT2D eigenvalue weighted by molar-refractivity contribution is 5.94. The molecular weight excluding hydrogens is 240 g/mol. The third kappa shape index (κ3) is 2.21. The van der Waals surface area contributed by atoms with Gasteiger partial charge in [-0.25, -0.2) is 0 Å². The Kier molecular flexibility index (Phi) is 2.97. The summed E-state index contributed by atoms with van der Waals surface area (Å²) in [5.41, 5.74) is 2.49. The number of hydrogen-bond acceptors (Lipinski definition) is 3. The van der Waals surface area contributed by atoms with Crippen molar-refractivity contribution in [2.45, 2.75) is 45.2 Å². The third-order valence-electron chi connectivity index (χ3n) is 4.44. The Balaban J connectivity index is 1.75. The zero-order valence-electron chi connectivity index (χ0n) is 11.4. The molecule has 2 aliphatic heterocycles. The molecule has 3 atom stereocenters. The number of aryl methyl sites for hydroxylation is 2. The Morgan fingerprint density at radius 2 is 2.11 bits per heavy atom. The van der Waals surface area contributed by atoms with E-state index < -0.39 is 0 Å². The van der Waals surface area contributed by atoms with Crippen molar-refractivity contribution in [2.75, 3.05) is 5.32 Å². The number of aromatic hydroxyl groups is 1. The molecule has 1 aromatic rings. The van der Waals surface area contributed by atoms with Crippen LogP contribution in [0.5, 0.6) is 5.75 Å². The lowest BCUT2D eigenvalue weighted by atomic mass is 9.88. The van der Waals surface area contributed by atoms with E-state index >= 15 is 0 Å². The van der Waals surface area contributed by atoms with E-state index in [9.17, 15) is 9.90 Å². The van der Waals surface area contributed by atoms with Crippen molar-refractivity contribution in [1.29, 1.82) is 0 Å². The number of phenolic OH excluding ortho intramolecular Hbond substituents is 1. The number of phenols is 1. The first-order chi connectivity index (χ1) is 9.04. The van der Waals surface area contributed by atoms with Gasteiger partial charge < -0.3 is 15.7 Å². The molecule has 0 aliphatic carbocycles. The first-order valence-corrected chi connectivity index (χ1v) is 6.91. The maximum Gasteiger partial charge on any atom is 0.229 e. The Hall–Kier alpha value is -1.55. The van der Waals surface area contributed by atoms with Gasteiger partial charge in [0, 0.05) is 17.8 Å². The number of amides is 1. The first-order valence-electron chi connectivity index (χ1n) is 6.91. The average Bonchev–Trinajstić information content (AvgIpc) is 2.98. The van der Waals surface area contributed by atoms with Crippen LogP contribution in [0.15, 0.2) is 12.1 Å². The number of carbonyl (C=O) groups excluding carboxylic acids is 1. The molecule has 1 aromatic carbocycles. The molecule has 1 amide bonds. The van der Waals surface area contributed by atoms with Crippen LogP contribution in [-0.2, 0) is 4.79 Å². The van der Waals surface area contributed by atoms with Crippen LogP contribution in [-0.4, -0.2) is 23.1 Å². The van der Waals surface area contributed by atoms with Gasteiger partial charge in [0.15, 0.2) is 0 Å². The second kappa shape index (κ2) is 4.53. The van der Waals surface area contributed by atoms with E-state index in [1.165, 1.54) is 6.42 Å². The molecule has 2 heterocycles.